The molecule has 1 aliphatic heterocycles. The number of carbonyl (C=O) groups is 1. The molecular formula is C8H6INO3. The maximum Gasteiger partial charge on any atom is 0.267 e. The minimum Gasteiger partial charge on any atom is -0.504 e. The van der Waals surface area contributed by atoms with Gasteiger partial charge in [-0.05, 0) is 11.6 Å². The van der Waals surface area contributed by atoms with Crippen molar-refractivity contribution in [3.8, 4) is 11.5 Å². The molecule has 0 saturated carbocycles. The number of aromatic hydroxyl groups is 2. The summed E-state index contributed by atoms with van der Waals surface area (Å²) in [5.74, 6) is -0.829. The molecule has 0 aromatic heterocycles. The smallest absolute Gasteiger partial charge is 0.267 e. The molecule has 1 amide bonds. The number of phenols is 2. The molecule has 68 valence electrons. The average molecular weight is 291 g/mol. The molecule has 0 unspecified atom stereocenters. The molecule has 1 aromatic rings. The number of hydrogen-bond acceptors (Lipinski definition) is 3. The zero-order chi connectivity index (χ0) is 9.59. The van der Waals surface area contributed by atoms with Gasteiger partial charge in [0.2, 0.25) is 0 Å². The fraction of sp³-hybridized carbons (Fsp3) is 0.125. The van der Waals surface area contributed by atoms with Crippen LogP contribution in [0.1, 0.15) is 15.9 Å². The Balaban J connectivity index is 2.66. The van der Waals surface area contributed by atoms with Crippen LogP contribution in [0.5, 0.6) is 11.5 Å². The molecule has 0 aliphatic carbocycles. The molecule has 0 atom stereocenters. The zero-order valence-electron chi connectivity index (χ0n) is 6.49. The van der Waals surface area contributed by atoms with E-state index in [2.05, 4.69) is 0 Å². The van der Waals surface area contributed by atoms with Crippen molar-refractivity contribution in [2.45, 2.75) is 6.54 Å². The molecule has 1 aromatic carbocycles. The lowest BCUT2D eigenvalue weighted by atomic mass is 10.1. The fourth-order valence-corrected chi connectivity index (χ4v) is 1.94. The number of hydrogen-bond donors (Lipinski definition) is 2. The Morgan fingerprint density at radius 2 is 2.08 bits per heavy atom. The molecule has 0 radical (unpaired) electrons. The van der Waals surface area contributed by atoms with E-state index in [1.807, 2.05) is 22.9 Å². The Morgan fingerprint density at radius 1 is 1.38 bits per heavy atom. The third-order valence-electron chi connectivity index (χ3n) is 1.99. The second-order valence-corrected chi connectivity index (χ2v) is 3.96. The first-order valence-corrected chi connectivity index (χ1v) is 4.59. The maximum atomic E-state index is 11.4. The van der Waals surface area contributed by atoms with Crippen LogP contribution in [0.25, 0.3) is 0 Å². The molecule has 2 N–H and O–H groups in total. The number of amides is 1. The van der Waals surface area contributed by atoms with Crippen LogP contribution in [-0.2, 0) is 6.54 Å². The number of benzene rings is 1. The Bertz CT molecular complexity index is 391. The van der Waals surface area contributed by atoms with Gasteiger partial charge in [-0.3, -0.25) is 7.91 Å². The van der Waals surface area contributed by atoms with Crippen LogP contribution >= 0.6 is 22.9 Å². The second kappa shape index (κ2) is 2.76. The van der Waals surface area contributed by atoms with E-state index in [0.29, 0.717) is 6.54 Å². The quantitative estimate of drug-likeness (QED) is 0.431. The molecule has 1 heterocycles. The average Bonchev–Trinajstić information content (AvgIpc) is 2.37. The van der Waals surface area contributed by atoms with Gasteiger partial charge in [0.1, 0.15) is 0 Å². The van der Waals surface area contributed by atoms with Crippen molar-refractivity contribution in [1.29, 1.82) is 0 Å². The number of rotatable bonds is 0. The maximum absolute atomic E-state index is 11.4. The van der Waals surface area contributed by atoms with Crippen molar-refractivity contribution in [1.82, 2.24) is 3.11 Å². The van der Waals surface area contributed by atoms with Gasteiger partial charge in [-0.15, -0.1) is 0 Å². The highest BCUT2D eigenvalue weighted by Gasteiger charge is 2.30. The van der Waals surface area contributed by atoms with Crippen molar-refractivity contribution in [2.75, 3.05) is 0 Å². The van der Waals surface area contributed by atoms with Crippen LogP contribution in [0.4, 0.5) is 0 Å². The monoisotopic (exact) mass is 291 g/mol. The summed E-state index contributed by atoms with van der Waals surface area (Å²) in [4.78, 5) is 11.4. The van der Waals surface area contributed by atoms with Crippen molar-refractivity contribution < 1.29 is 15.0 Å². The van der Waals surface area contributed by atoms with Gasteiger partial charge in [0.05, 0.1) is 35.0 Å². The lowest BCUT2D eigenvalue weighted by Gasteiger charge is -2.02. The first kappa shape index (κ1) is 8.61. The van der Waals surface area contributed by atoms with E-state index < -0.39 is 0 Å². The molecule has 13 heavy (non-hydrogen) atoms. The largest absolute Gasteiger partial charge is 0.504 e. The van der Waals surface area contributed by atoms with Gasteiger partial charge in [-0.1, -0.05) is 6.07 Å². The number of carbonyl (C=O) groups excluding carboxylic acids is 1. The van der Waals surface area contributed by atoms with Crippen LogP contribution in [0.2, 0.25) is 0 Å². The highest BCUT2D eigenvalue weighted by atomic mass is 127. The highest BCUT2D eigenvalue weighted by Crippen LogP contribution is 2.37. The van der Waals surface area contributed by atoms with E-state index in [-0.39, 0.29) is 23.0 Å². The second-order valence-electron chi connectivity index (χ2n) is 2.79. The minimum atomic E-state index is -0.318. The fourth-order valence-electron chi connectivity index (χ4n) is 1.34. The molecule has 2 rings (SSSR count). The lowest BCUT2D eigenvalue weighted by Crippen LogP contribution is -2.10. The summed E-state index contributed by atoms with van der Waals surface area (Å²) in [6.07, 6.45) is 0. The predicted octanol–water partition coefficient (Wildman–Crippen LogP) is 1.40. The molecule has 0 bridgehead atoms. The molecule has 0 saturated heterocycles. The molecule has 5 heteroatoms. The third-order valence-corrected chi connectivity index (χ3v) is 2.77. The van der Waals surface area contributed by atoms with E-state index in [9.17, 15) is 9.90 Å². The van der Waals surface area contributed by atoms with E-state index in [4.69, 9.17) is 5.11 Å². The Morgan fingerprint density at radius 3 is 2.77 bits per heavy atom. The summed E-state index contributed by atoms with van der Waals surface area (Å²) in [7, 11) is 0. The van der Waals surface area contributed by atoms with Crippen molar-refractivity contribution in [2.24, 2.45) is 0 Å². The Kier molecular flexibility index (Phi) is 1.83. The van der Waals surface area contributed by atoms with E-state index in [0.717, 1.165) is 5.56 Å². The molecule has 0 fully saturated rings. The Hall–Kier alpha value is -0.980. The van der Waals surface area contributed by atoms with E-state index in [1.165, 1.54) is 9.18 Å². The Labute approximate surface area is 88.3 Å². The van der Waals surface area contributed by atoms with Gasteiger partial charge in [-0.2, -0.15) is 0 Å². The van der Waals surface area contributed by atoms with Crippen molar-refractivity contribution >= 4 is 28.8 Å². The van der Waals surface area contributed by atoms with Gasteiger partial charge >= 0.3 is 0 Å². The van der Waals surface area contributed by atoms with Crippen LogP contribution in [0.3, 0.4) is 0 Å². The van der Waals surface area contributed by atoms with Crippen molar-refractivity contribution in [3.05, 3.63) is 23.3 Å². The summed E-state index contributed by atoms with van der Waals surface area (Å²) in [6.45, 7) is 0.475. The van der Waals surface area contributed by atoms with E-state index in [1.54, 1.807) is 6.07 Å². The first-order valence-electron chi connectivity index (χ1n) is 3.62. The summed E-state index contributed by atoms with van der Waals surface area (Å²) in [5, 5.41) is 18.6. The summed E-state index contributed by atoms with van der Waals surface area (Å²) in [5.41, 5.74) is 0.962. The standard InChI is InChI=1S/C8H6INO3/c9-10-3-4-1-2-5(11)7(12)6(4)8(10)13/h1-2,11-12H,3H2. The SMILES string of the molecule is O=C1c2c(ccc(O)c2O)CN1I. The summed E-state index contributed by atoms with van der Waals surface area (Å²) >= 11 is 1.87. The summed E-state index contributed by atoms with van der Waals surface area (Å²) in [6, 6.07) is 3.03. The van der Waals surface area contributed by atoms with Crippen LogP contribution in [0, 0.1) is 0 Å². The van der Waals surface area contributed by atoms with Crippen LogP contribution in [0.15, 0.2) is 12.1 Å². The van der Waals surface area contributed by atoms with Gasteiger partial charge in [0.25, 0.3) is 5.91 Å². The van der Waals surface area contributed by atoms with E-state index >= 15 is 0 Å². The molecule has 1 aliphatic rings. The van der Waals surface area contributed by atoms with Crippen LogP contribution in [-0.4, -0.2) is 19.2 Å². The molecule has 0 spiro atoms. The van der Waals surface area contributed by atoms with Gasteiger partial charge < -0.3 is 10.2 Å². The number of phenolic OH excluding ortho intramolecular Hbond substituents is 2. The number of halogens is 1. The normalized spacial score (nSPS) is 14.8. The topological polar surface area (TPSA) is 60.8 Å². The number of fused-ring (bicyclic) bond motifs is 1. The minimum absolute atomic E-state index is 0.217. The lowest BCUT2D eigenvalue weighted by molar-refractivity contribution is 0.0902. The van der Waals surface area contributed by atoms with Gasteiger partial charge in [0.15, 0.2) is 11.5 Å². The van der Waals surface area contributed by atoms with Gasteiger partial charge in [-0.25, -0.2) is 0 Å². The zero-order valence-corrected chi connectivity index (χ0v) is 8.65. The highest BCUT2D eigenvalue weighted by molar-refractivity contribution is 14.1. The van der Waals surface area contributed by atoms with Crippen LogP contribution < -0.4 is 0 Å². The first-order chi connectivity index (χ1) is 6.11. The molecule has 4 nitrogen and oxygen atoms in total. The summed E-state index contributed by atoms with van der Waals surface area (Å²) < 4.78 is 1.46. The predicted molar refractivity (Wildman–Crippen MR) is 53.7 cm³/mol. The number of nitrogens with zero attached hydrogens (tertiary/aromatic N) is 1. The van der Waals surface area contributed by atoms with Crippen molar-refractivity contribution in [3.63, 3.8) is 0 Å². The third kappa shape index (κ3) is 1.14. The molecular weight excluding hydrogens is 285 g/mol. The van der Waals surface area contributed by atoms with Gasteiger partial charge in [0, 0.05) is 0 Å².